The second-order valence-electron chi connectivity index (χ2n) is 3.88. The van der Waals surface area contributed by atoms with Gasteiger partial charge in [-0.3, -0.25) is 0 Å². The minimum Gasteiger partial charge on any atom is -0.237 e. The first-order chi connectivity index (χ1) is 7.75. The van der Waals surface area contributed by atoms with Crippen LogP contribution in [0, 0.1) is 20.0 Å². The highest BCUT2D eigenvalue weighted by Gasteiger charge is 2.05. The molecule has 3 rings (SSSR count). The predicted molar refractivity (Wildman–Crippen MR) is 63.1 cm³/mol. The first kappa shape index (κ1) is 9.21. The Bertz CT molecular complexity index is 689. The van der Waals surface area contributed by atoms with E-state index in [2.05, 4.69) is 34.1 Å². The average Bonchev–Trinajstić information content (AvgIpc) is 2.32. The summed E-state index contributed by atoms with van der Waals surface area (Å²) < 4.78 is 0. The van der Waals surface area contributed by atoms with E-state index in [1.165, 1.54) is 5.56 Å². The van der Waals surface area contributed by atoms with Gasteiger partial charge in [0.05, 0.1) is 6.20 Å². The van der Waals surface area contributed by atoms with E-state index >= 15 is 0 Å². The molecule has 3 aromatic rings. The van der Waals surface area contributed by atoms with E-state index in [1.54, 1.807) is 6.20 Å². The fraction of sp³-hybridized carbons (Fsp3) is 0.154. The number of hydrogen-bond acceptors (Lipinski definition) is 3. The lowest BCUT2D eigenvalue weighted by molar-refractivity contribution is 1.21. The van der Waals surface area contributed by atoms with Gasteiger partial charge < -0.3 is 0 Å². The largest absolute Gasteiger partial charge is 0.237 e. The van der Waals surface area contributed by atoms with E-state index < -0.39 is 0 Å². The number of rotatable bonds is 0. The van der Waals surface area contributed by atoms with Gasteiger partial charge in [-0.1, -0.05) is 0 Å². The minimum atomic E-state index is 0.717. The van der Waals surface area contributed by atoms with Crippen molar-refractivity contribution in [2.24, 2.45) is 0 Å². The molecule has 3 heteroatoms. The highest BCUT2D eigenvalue weighted by molar-refractivity contribution is 5.91. The van der Waals surface area contributed by atoms with Crippen LogP contribution in [-0.4, -0.2) is 15.0 Å². The van der Waals surface area contributed by atoms with E-state index in [4.69, 9.17) is 0 Å². The molecule has 0 spiro atoms. The van der Waals surface area contributed by atoms with Crippen molar-refractivity contribution in [3.05, 3.63) is 41.7 Å². The normalized spacial score (nSPS) is 11.1. The van der Waals surface area contributed by atoms with Crippen molar-refractivity contribution in [1.82, 2.24) is 15.0 Å². The Morgan fingerprint density at radius 3 is 2.94 bits per heavy atom. The molecule has 16 heavy (non-hydrogen) atoms. The van der Waals surface area contributed by atoms with Crippen molar-refractivity contribution in [1.29, 1.82) is 0 Å². The maximum atomic E-state index is 4.43. The van der Waals surface area contributed by atoms with Crippen LogP contribution >= 0.6 is 0 Å². The van der Waals surface area contributed by atoms with Crippen LogP contribution in [0.25, 0.3) is 22.1 Å². The van der Waals surface area contributed by atoms with Crippen LogP contribution in [0.3, 0.4) is 0 Å². The monoisotopic (exact) mass is 208 g/mol. The van der Waals surface area contributed by atoms with Crippen molar-refractivity contribution >= 4 is 22.1 Å². The maximum absolute atomic E-state index is 4.43. The van der Waals surface area contributed by atoms with E-state index in [1.807, 2.05) is 19.1 Å². The third-order valence-electron chi connectivity index (χ3n) is 2.87. The van der Waals surface area contributed by atoms with Crippen LogP contribution < -0.4 is 0 Å². The molecule has 0 N–H and O–H groups in total. The van der Waals surface area contributed by atoms with Crippen LogP contribution in [0.1, 0.15) is 11.1 Å². The van der Waals surface area contributed by atoms with Crippen molar-refractivity contribution in [3.63, 3.8) is 0 Å². The van der Waals surface area contributed by atoms with Gasteiger partial charge in [0.15, 0.2) is 11.3 Å². The molecule has 3 aromatic heterocycles. The van der Waals surface area contributed by atoms with Crippen LogP contribution in [0.5, 0.6) is 0 Å². The SMILES string of the molecule is Cc1[c]nc2nc3ncccc3cc2c1C. The molecule has 0 unspecified atom stereocenters. The van der Waals surface area contributed by atoms with Crippen molar-refractivity contribution in [2.75, 3.05) is 0 Å². The van der Waals surface area contributed by atoms with E-state index in [0.29, 0.717) is 5.65 Å². The summed E-state index contributed by atoms with van der Waals surface area (Å²) in [5, 5.41) is 2.13. The maximum Gasteiger partial charge on any atom is 0.162 e. The molecule has 1 radical (unpaired) electrons. The average molecular weight is 208 g/mol. The molecule has 0 atom stereocenters. The second kappa shape index (κ2) is 3.23. The summed E-state index contributed by atoms with van der Waals surface area (Å²) >= 11 is 0. The minimum absolute atomic E-state index is 0.717. The quantitative estimate of drug-likeness (QED) is 0.533. The Labute approximate surface area is 93.2 Å². The zero-order valence-corrected chi connectivity index (χ0v) is 9.15. The molecule has 0 aliphatic heterocycles. The van der Waals surface area contributed by atoms with Gasteiger partial charge in [0, 0.05) is 17.0 Å². The molecule has 0 aliphatic carbocycles. The summed E-state index contributed by atoms with van der Waals surface area (Å²) in [5.41, 5.74) is 3.70. The molecule has 0 amide bonds. The highest BCUT2D eigenvalue weighted by Crippen LogP contribution is 2.21. The molecule has 0 fully saturated rings. The van der Waals surface area contributed by atoms with Gasteiger partial charge in [0.25, 0.3) is 0 Å². The first-order valence-electron chi connectivity index (χ1n) is 5.16. The Kier molecular flexibility index (Phi) is 1.86. The van der Waals surface area contributed by atoms with Crippen LogP contribution in [0.15, 0.2) is 24.4 Å². The van der Waals surface area contributed by atoms with Crippen molar-refractivity contribution < 1.29 is 0 Å². The summed E-state index contributed by atoms with van der Waals surface area (Å²) in [5.74, 6) is 0. The Morgan fingerprint density at radius 2 is 2.06 bits per heavy atom. The molecule has 3 heterocycles. The molecule has 0 saturated carbocycles. The van der Waals surface area contributed by atoms with Gasteiger partial charge in [-0.25, -0.2) is 15.0 Å². The highest BCUT2D eigenvalue weighted by atomic mass is 14.9. The van der Waals surface area contributed by atoms with Gasteiger partial charge in [-0.05, 0) is 43.2 Å². The standard InChI is InChI=1S/C13H10N3/c1-8-7-15-13-11(9(8)2)6-10-4-3-5-14-12(10)16-13/h3-6H,1-2H3. The zero-order valence-electron chi connectivity index (χ0n) is 9.15. The molecule has 77 valence electrons. The summed E-state index contributed by atoms with van der Waals surface area (Å²) in [6.45, 7) is 4.08. The van der Waals surface area contributed by atoms with Gasteiger partial charge in [-0.2, -0.15) is 0 Å². The lowest BCUT2D eigenvalue weighted by Crippen LogP contribution is -1.92. The third-order valence-corrected chi connectivity index (χ3v) is 2.87. The molecule has 0 bridgehead atoms. The van der Waals surface area contributed by atoms with Gasteiger partial charge in [0.2, 0.25) is 0 Å². The number of hydrogen-bond donors (Lipinski definition) is 0. The van der Waals surface area contributed by atoms with E-state index in [-0.39, 0.29) is 0 Å². The Morgan fingerprint density at radius 1 is 1.19 bits per heavy atom. The van der Waals surface area contributed by atoms with Crippen LogP contribution in [-0.2, 0) is 0 Å². The summed E-state index contributed by atoms with van der Waals surface area (Å²) in [4.78, 5) is 12.9. The first-order valence-corrected chi connectivity index (χ1v) is 5.16. The molecule has 0 saturated heterocycles. The lowest BCUT2D eigenvalue weighted by atomic mass is 10.1. The second-order valence-corrected chi connectivity index (χ2v) is 3.88. The summed E-state index contributed by atoms with van der Waals surface area (Å²) in [6.07, 6.45) is 4.71. The summed E-state index contributed by atoms with van der Waals surface area (Å²) in [7, 11) is 0. The van der Waals surface area contributed by atoms with Crippen molar-refractivity contribution in [3.8, 4) is 0 Å². The third kappa shape index (κ3) is 1.25. The molecular formula is C13H10N3. The fourth-order valence-corrected chi connectivity index (χ4v) is 1.78. The molecular weight excluding hydrogens is 198 g/mol. The zero-order chi connectivity index (χ0) is 11.1. The fourth-order valence-electron chi connectivity index (χ4n) is 1.78. The van der Waals surface area contributed by atoms with Crippen LogP contribution in [0.4, 0.5) is 0 Å². The number of nitrogens with zero attached hydrogens (tertiary/aromatic N) is 3. The summed E-state index contributed by atoms with van der Waals surface area (Å²) in [6, 6.07) is 6.02. The van der Waals surface area contributed by atoms with Gasteiger partial charge in [0.1, 0.15) is 0 Å². The smallest absolute Gasteiger partial charge is 0.162 e. The molecule has 0 aliphatic rings. The number of pyridine rings is 3. The molecule has 3 nitrogen and oxygen atoms in total. The Hall–Kier alpha value is -2.03. The van der Waals surface area contributed by atoms with Gasteiger partial charge >= 0.3 is 0 Å². The lowest BCUT2D eigenvalue weighted by Gasteiger charge is -2.04. The molecule has 0 aromatic carbocycles. The predicted octanol–water partition coefficient (Wildman–Crippen LogP) is 2.60. The van der Waals surface area contributed by atoms with Crippen LogP contribution in [0.2, 0.25) is 0 Å². The van der Waals surface area contributed by atoms with Crippen molar-refractivity contribution in [2.45, 2.75) is 13.8 Å². The van der Waals surface area contributed by atoms with E-state index in [0.717, 1.165) is 22.0 Å². The number of aryl methyl sites for hydroxylation is 2. The Balaban J connectivity index is 2.51. The number of fused-ring (bicyclic) bond motifs is 2. The van der Waals surface area contributed by atoms with E-state index in [9.17, 15) is 0 Å². The number of aromatic nitrogens is 3. The van der Waals surface area contributed by atoms with Gasteiger partial charge in [-0.15, -0.1) is 0 Å². The topological polar surface area (TPSA) is 38.7 Å².